The molecule has 0 saturated carbocycles. The van der Waals surface area contributed by atoms with Crippen molar-refractivity contribution in [3.05, 3.63) is 42.2 Å². The molecule has 0 aliphatic rings. The smallest absolute Gasteiger partial charge is 0.247 e. The quantitative estimate of drug-likeness (QED) is 0.700. The molecule has 1 amide bonds. The van der Waals surface area contributed by atoms with E-state index in [1.807, 2.05) is 30.5 Å². The number of aromatic nitrogens is 1. The predicted octanol–water partition coefficient (Wildman–Crippen LogP) is 0.171. The Labute approximate surface area is 105 Å². The maximum Gasteiger partial charge on any atom is 0.247 e. The molecule has 0 fully saturated rings. The molecule has 1 aromatic heterocycles. The molecule has 4 N–H and O–H groups in total. The zero-order valence-electron chi connectivity index (χ0n) is 9.84. The van der Waals surface area contributed by atoms with Crippen molar-refractivity contribution in [2.24, 2.45) is 5.73 Å². The molecule has 1 heterocycles. The number of nitrogens with two attached hydrogens (primary N) is 1. The number of aliphatic hydroxyl groups is 1. The molecular weight excluding hydrogens is 230 g/mol. The van der Waals surface area contributed by atoms with Crippen LogP contribution in [0.25, 0.3) is 10.8 Å². The molecule has 0 aliphatic carbocycles. The number of hydrogen-bond acceptors (Lipinski definition) is 4. The number of pyridine rings is 1. The van der Waals surface area contributed by atoms with E-state index in [0.29, 0.717) is 6.54 Å². The second-order valence-corrected chi connectivity index (χ2v) is 4.11. The van der Waals surface area contributed by atoms with Crippen molar-refractivity contribution in [3.8, 4) is 0 Å². The van der Waals surface area contributed by atoms with E-state index < -0.39 is 12.0 Å². The highest BCUT2D eigenvalue weighted by Crippen LogP contribution is 2.14. The van der Waals surface area contributed by atoms with Crippen LogP contribution >= 0.6 is 0 Å². The van der Waals surface area contributed by atoms with Gasteiger partial charge in [0.1, 0.15) is 6.10 Å². The summed E-state index contributed by atoms with van der Waals surface area (Å²) in [7, 11) is 0. The second-order valence-electron chi connectivity index (χ2n) is 4.11. The Morgan fingerprint density at radius 3 is 3.00 bits per heavy atom. The largest absolute Gasteiger partial charge is 0.382 e. The molecule has 0 aliphatic heterocycles. The van der Waals surface area contributed by atoms with Crippen molar-refractivity contribution in [1.29, 1.82) is 0 Å². The summed E-state index contributed by atoms with van der Waals surface area (Å²) < 4.78 is 0. The fourth-order valence-electron chi connectivity index (χ4n) is 1.70. The molecule has 2 aromatic rings. The van der Waals surface area contributed by atoms with E-state index in [9.17, 15) is 9.90 Å². The average molecular weight is 245 g/mol. The first kappa shape index (κ1) is 12.5. The van der Waals surface area contributed by atoms with Crippen molar-refractivity contribution in [1.82, 2.24) is 10.3 Å². The van der Waals surface area contributed by atoms with Gasteiger partial charge in [0.05, 0.1) is 0 Å². The SMILES string of the molecule is NC(=O)C(O)CNCc1ccc2cnccc2c1. The summed E-state index contributed by atoms with van der Waals surface area (Å²) in [5.74, 6) is -0.716. The number of primary amides is 1. The number of nitrogens with one attached hydrogen (secondary N) is 1. The van der Waals surface area contributed by atoms with E-state index in [4.69, 9.17) is 5.73 Å². The third-order valence-corrected chi connectivity index (χ3v) is 2.70. The zero-order valence-corrected chi connectivity index (χ0v) is 9.84. The van der Waals surface area contributed by atoms with Crippen LogP contribution in [0, 0.1) is 0 Å². The summed E-state index contributed by atoms with van der Waals surface area (Å²) in [6.07, 6.45) is 2.41. The monoisotopic (exact) mass is 245 g/mol. The highest BCUT2D eigenvalue weighted by molar-refractivity contribution is 5.82. The van der Waals surface area contributed by atoms with Gasteiger partial charge in [0.2, 0.25) is 5.91 Å². The molecule has 0 bridgehead atoms. The standard InChI is InChI=1S/C13H15N3O2/c14-13(18)12(17)8-16-6-9-1-2-11-7-15-4-3-10(11)5-9/h1-5,7,12,16-17H,6,8H2,(H2,14,18). The molecule has 1 atom stereocenters. The van der Waals surface area contributed by atoms with Crippen LogP contribution in [-0.4, -0.2) is 28.6 Å². The van der Waals surface area contributed by atoms with Gasteiger partial charge in [0.15, 0.2) is 0 Å². The van der Waals surface area contributed by atoms with E-state index in [1.165, 1.54) is 0 Å². The highest BCUT2D eigenvalue weighted by atomic mass is 16.3. The van der Waals surface area contributed by atoms with Crippen LogP contribution in [0.2, 0.25) is 0 Å². The number of nitrogens with zero attached hydrogens (tertiary/aromatic N) is 1. The predicted molar refractivity (Wildman–Crippen MR) is 68.7 cm³/mol. The van der Waals surface area contributed by atoms with E-state index in [-0.39, 0.29) is 6.54 Å². The molecule has 1 unspecified atom stereocenters. The summed E-state index contributed by atoms with van der Waals surface area (Å²) >= 11 is 0. The van der Waals surface area contributed by atoms with Crippen LogP contribution in [-0.2, 0) is 11.3 Å². The van der Waals surface area contributed by atoms with Crippen molar-refractivity contribution >= 4 is 16.7 Å². The lowest BCUT2D eigenvalue weighted by atomic mass is 10.1. The number of rotatable bonds is 5. The maximum absolute atomic E-state index is 10.6. The molecule has 5 heteroatoms. The Hall–Kier alpha value is -1.98. The van der Waals surface area contributed by atoms with Gasteiger partial charge in [-0.15, -0.1) is 0 Å². The van der Waals surface area contributed by atoms with Crippen molar-refractivity contribution < 1.29 is 9.90 Å². The minimum atomic E-state index is -1.14. The first-order chi connectivity index (χ1) is 8.66. The van der Waals surface area contributed by atoms with Gasteiger partial charge in [-0.3, -0.25) is 9.78 Å². The van der Waals surface area contributed by atoms with Crippen molar-refractivity contribution in [2.45, 2.75) is 12.6 Å². The lowest BCUT2D eigenvalue weighted by Crippen LogP contribution is -2.37. The van der Waals surface area contributed by atoms with Crippen LogP contribution in [0.4, 0.5) is 0 Å². The first-order valence-electron chi connectivity index (χ1n) is 5.67. The van der Waals surface area contributed by atoms with Gasteiger partial charge in [-0.2, -0.15) is 0 Å². The minimum Gasteiger partial charge on any atom is -0.382 e. The first-order valence-corrected chi connectivity index (χ1v) is 5.67. The van der Waals surface area contributed by atoms with Gasteiger partial charge in [-0.05, 0) is 23.1 Å². The van der Waals surface area contributed by atoms with E-state index >= 15 is 0 Å². The number of fused-ring (bicyclic) bond motifs is 1. The van der Waals surface area contributed by atoms with Crippen LogP contribution < -0.4 is 11.1 Å². The average Bonchev–Trinajstić information content (AvgIpc) is 2.38. The van der Waals surface area contributed by atoms with Crippen LogP contribution in [0.1, 0.15) is 5.56 Å². The van der Waals surface area contributed by atoms with E-state index in [2.05, 4.69) is 10.3 Å². The summed E-state index contributed by atoms with van der Waals surface area (Å²) in [4.78, 5) is 14.7. The third kappa shape index (κ3) is 3.03. The Morgan fingerprint density at radius 1 is 1.39 bits per heavy atom. The molecule has 0 saturated heterocycles. The number of amides is 1. The summed E-state index contributed by atoms with van der Waals surface area (Å²) in [5.41, 5.74) is 6.03. The molecule has 18 heavy (non-hydrogen) atoms. The van der Waals surface area contributed by atoms with E-state index in [1.54, 1.807) is 6.20 Å². The summed E-state index contributed by atoms with van der Waals surface area (Å²) in [6, 6.07) is 7.95. The Kier molecular flexibility index (Phi) is 3.86. The van der Waals surface area contributed by atoms with Gasteiger partial charge < -0.3 is 16.2 Å². The van der Waals surface area contributed by atoms with Crippen molar-refractivity contribution in [2.75, 3.05) is 6.54 Å². The zero-order chi connectivity index (χ0) is 13.0. The molecule has 0 radical (unpaired) electrons. The lowest BCUT2D eigenvalue weighted by Gasteiger charge is -2.08. The molecule has 2 rings (SSSR count). The molecule has 1 aromatic carbocycles. The molecule has 0 spiro atoms. The van der Waals surface area contributed by atoms with E-state index in [0.717, 1.165) is 16.3 Å². The van der Waals surface area contributed by atoms with Crippen LogP contribution in [0.5, 0.6) is 0 Å². The Balaban J connectivity index is 1.98. The van der Waals surface area contributed by atoms with Crippen LogP contribution in [0.3, 0.4) is 0 Å². The number of carbonyl (C=O) groups is 1. The highest BCUT2D eigenvalue weighted by Gasteiger charge is 2.09. The summed E-state index contributed by atoms with van der Waals surface area (Å²) in [6.45, 7) is 0.728. The van der Waals surface area contributed by atoms with Crippen LogP contribution in [0.15, 0.2) is 36.7 Å². The van der Waals surface area contributed by atoms with Gasteiger partial charge in [-0.25, -0.2) is 0 Å². The maximum atomic E-state index is 10.6. The lowest BCUT2D eigenvalue weighted by molar-refractivity contribution is -0.125. The second kappa shape index (κ2) is 5.57. The fourth-order valence-corrected chi connectivity index (χ4v) is 1.70. The van der Waals surface area contributed by atoms with Gasteiger partial charge >= 0.3 is 0 Å². The number of carbonyl (C=O) groups excluding carboxylic acids is 1. The molecular formula is C13H15N3O2. The minimum absolute atomic E-state index is 0.156. The van der Waals surface area contributed by atoms with Gasteiger partial charge in [0, 0.05) is 30.9 Å². The molecule has 5 nitrogen and oxygen atoms in total. The topological polar surface area (TPSA) is 88.2 Å². The van der Waals surface area contributed by atoms with Crippen molar-refractivity contribution in [3.63, 3.8) is 0 Å². The fraction of sp³-hybridized carbons (Fsp3) is 0.231. The molecule has 94 valence electrons. The normalized spacial score (nSPS) is 12.5. The summed E-state index contributed by atoms with van der Waals surface area (Å²) in [5, 5.41) is 14.4. The number of hydrogen-bond donors (Lipinski definition) is 3. The third-order valence-electron chi connectivity index (χ3n) is 2.70. The number of benzene rings is 1. The van der Waals surface area contributed by atoms with Gasteiger partial charge in [-0.1, -0.05) is 12.1 Å². The number of aliphatic hydroxyl groups excluding tert-OH is 1. The Bertz CT molecular complexity index is 557. The van der Waals surface area contributed by atoms with Gasteiger partial charge in [0.25, 0.3) is 0 Å². The Morgan fingerprint density at radius 2 is 2.22 bits per heavy atom.